The number of amides is 1. The van der Waals surface area contributed by atoms with Crippen molar-refractivity contribution in [2.45, 2.75) is 72.1 Å². The third-order valence-corrected chi connectivity index (χ3v) is 4.98. The zero-order chi connectivity index (χ0) is 25.6. The highest BCUT2D eigenvalue weighted by Gasteiger charge is 2.54. The molecule has 1 heterocycles. The smallest absolute Gasteiger partial charge is 0.303 e. The Morgan fingerprint density at radius 3 is 1.79 bits per heavy atom. The second kappa shape index (κ2) is 11.6. The van der Waals surface area contributed by atoms with Gasteiger partial charge in [-0.15, -0.1) is 0 Å². The average molecular weight is 479 g/mol. The maximum absolute atomic E-state index is 13.3. The molecule has 2 rings (SSSR count). The van der Waals surface area contributed by atoms with Crippen molar-refractivity contribution in [3.63, 3.8) is 0 Å². The largest absolute Gasteiger partial charge is 0.463 e. The van der Waals surface area contributed by atoms with Crippen LogP contribution >= 0.6 is 0 Å². The quantitative estimate of drug-likeness (QED) is 0.450. The molecule has 0 aromatic heterocycles. The Bertz CT molecular complexity index is 939. The minimum Gasteiger partial charge on any atom is -0.463 e. The van der Waals surface area contributed by atoms with Crippen molar-refractivity contribution < 1.29 is 47.7 Å². The fourth-order valence-electron chi connectivity index (χ4n) is 3.65. The molecule has 5 atom stereocenters. The monoisotopic (exact) mass is 479 g/mol. The second-order valence-electron chi connectivity index (χ2n) is 7.88. The lowest BCUT2D eigenvalue weighted by atomic mass is 9.93. The summed E-state index contributed by atoms with van der Waals surface area (Å²) in [6.45, 7) is 7.69. The fourth-order valence-corrected chi connectivity index (χ4v) is 3.65. The number of aryl methyl sites for hydroxylation is 2. The van der Waals surface area contributed by atoms with Gasteiger partial charge in [-0.05, 0) is 25.0 Å². The highest BCUT2D eigenvalue weighted by Crippen LogP contribution is 2.31. The molecule has 11 nitrogen and oxygen atoms in total. The summed E-state index contributed by atoms with van der Waals surface area (Å²) < 4.78 is 26.8. The minimum absolute atomic E-state index is 0.412. The Hall–Kier alpha value is -3.47. The molecule has 0 aliphatic carbocycles. The first-order chi connectivity index (χ1) is 15.9. The van der Waals surface area contributed by atoms with Crippen LogP contribution in [0.5, 0.6) is 0 Å². The van der Waals surface area contributed by atoms with Gasteiger partial charge in [0.25, 0.3) is 5.91 Å². The Kier molecular flexibility index (Phi) is 9.13. The number of hydrogen-bond donors (Lipinski definition) is 1. The third kappa shape index (κ3) is 7.01. The number of anilines is 1. The summed E-state index contributed by atoms with van der Waals surface area (Å²) in [5, 5.41) is 2.76. The highest BCUT2D eigenvalue weighted by atomic mass is 16.7. The first kappa shape index (κ1) is 26.8. The maximum atomic E-state index is 13.3. The van der Waals surface area contributed by atoms with E-state index in [9.17, 15) is 24.0 Å². The first-order valence-electron chi connectivity index (χ1n) is 10.6. The van der Waals surface area contributed by atoms with Crippen molar-refractivity contribution in [1.82, 2.24) is 0 Å². The SMILES string of the molecule is CC(=O)OC[C@H]1O[C@H](C(=O)Nc2c(C)cccc2C)[C@H](OC(C)=O)[C@@H](OC(C)=O)[C@H]1OC(C)=O. The van der Waals surface area contributed by atoms with E-state index in [0.717, 1.165) is 31.9 Å². The topological polar surface area (TPSA) is 144 Å². The number of nitrogens with one attached hydrogen (secondary N) is 1. The standard InChI is InChI=1S/C23H29NO10/c1-11-8-7-9-12(2)18(11)24-23(29)22-21(33-16(6)28)20(32-15(5)27)19(31-14(4)26)17(34-22)10-30-13(3)25/h7-9,17,19-22H,10H2,1-6H3,(H,24,29)/t17-,19+,20+,21-,22+/m1/s1. The summed E-state index contributed by atoms with van der Waals surface area (Å²) in [4.78, 5) is 60.2. The van der Waals surface area contributed by atoms with Crippen molar-refractivity contribution in [2.24, 2.45) is 0 Å². The van der Waals surface area contributed by atoms with Crippen LogP contribution in [0.25, 0.3) is 0 Å². The molecule has 1 aromatic rings. The van der Waals surface area contributed by atoms with Gasteiger partial charge in [-0.2, -0.15) is 0 Å². The zero-order valence-corrected chi connectivity index (χ0v) is 19.9. The van der Waals surface area contributed by atoms with Crippen molar-refractivity contribution in [1.29, 1.82) is 0 Å². The Labute approximate surface area is 197 Å². The van der Waals surface area contributed by atoms with Gasteiger partial charge in [0.1, 0.15) is 12.7 Å². The molecule has 1 fully saturated rings. The van der Waals surface area contributed by atoms with Crippen LogP contribution in [0.4, 0.5) is 5.69 Å². The summed E-state index contributed by atoms with van der Waals surface area (Å²) in [6, 6.07) is 5.43. The summed E-state index contributed by atoms with van der Waals surface area (Å²) in [7, 11) is 0. The molecule has 1 aliphatic rings. The van der Waals surface area contributed by atoms with Gasteiger partial charge in [0, 0.05) is 33.4 Å². The van der Waals surface area contributed by atoms with Gasteiger partial charge in [0.2, 0.25) is 0 Å². The van der Waals surface area contributed by atoms with Crippen molar-refractivity contribution >= 4 is 35.5 Å². The number of carbonyl (C=O) groups excluding carboxylic acids is 5. The van der Waals surface area contributed by atoms with E-state index in [1.54, 1.807) is 26.0 Å². The third-order valence-electron chi connectivity index (χ3n) is 4.98. The van der Waals surface area contributed by atoms with Crippen LogP contribution in [-0.4, -0.2) is 66.9 Å². The number of carbonyl (C=O) groups is 5. The summed E-state index contributed by atoms with van der Waals surface area (Å²) in [5.41, 5.74) is 2.08. The Balaban J connectivity index is 2.50. The molecule has 186 valence electrons. The molecule has 0 bridgehead atoms. The second-order valence-corrected chi connectivity index (χ2v) is 7.88. The van der Waals surface area contributed by atoms with Crippen LogP contribution in [-0.2, 0) is 47.7 Å². The number of para-hydroxylation sites is 1. The predicted octanol–water partition coefficient (Wildman–Crippen LogP) is 1.37. The molecule has 1 aromatic carbocycles. The van der Waals surface area contributed by atoms with E-state index in [1.807, 2.05) is 6.07 Å². The van der Waals surface area contributed by atoms with Gasteiger partial charge in [-0.3, -0.25) is 24.0 Å². The van der Waals surface area contributed by atoms with E-state index in [2.05, 4.69) is 5.32 Å². The summed E-state index contributed by atoms with van der Waals surface area (Å²) in [5.74, 6) is -3.65. The first-order valence-corrected chi connectivity index (χ1v) is 10.6. The van der Waals surface area contributed by atoms with Crippen molar-refractivity contribution in [3.05, 3.63) is 29.3 Å². The molecule has 1 N–H and O–H groups in total. The molecular formula is C23H29NO10. The van der Waals surface area contributed by atoms with Gasteiger partial charge < -0.3 is 29.0 Å². The molecule has 1 amide bonds. The number of rotatable bonds is 7. The maximum Gasteiger partial charge on any atom is 0.303 e. The lowest BCUT2D eigenvalue weighted by Crippen LogP contribution is -2.64. The van der Waals surface area contributed by atoms with E-state index in [0.29, 0.717) is 5.69 Å². The Morgan fingerprint density at radius 2 is 1.29 bits per heavy atom. The van der Waals surface area contributed by atoms with Gasteiger partial charge in [-0.25, -0.2) is 0 Å². The molecule has 1 saturated heterocycles. The molecule has 0 spiro atoms. The van der Waals surface area contributed by atoms with E-state index in [4.69, 9.17) is 23.7 Å². The normalized spacial score (nSPS) is 23.9. The van der Waals surface area contributed by atoms with Crippen molar-refractivity contribution in [2.75, 3.05) is 11.9 Å². The van der Waals surface area contributed by atoms with Crippen LogP contribution in [0.2, 0.25) is 0 Å². The number of hydrogen-bond acceptors (Lipinski definition) is 10. The molecule has 0 unspecified atom stereocenters. The summed E-state index contributed by atoms with van der Waals surface area (Å²) in [6.07, 6.45) is -6.87. The average Bonchev–Trinajstić information content (AvgIpc) is 2.71. The molecule has 34 heavy (non-hydrogen) atoms. The van der Waals surface area contributed by atoms with E-state index in [1.165, 1.54) is 6.92 Å². The fraction of sp³-hybridized carbons (Fsp3) is 0.522. The van der Waals surface area contributed by atoms with Crippen LogP contribution in [0.3, 0.4) is 0 Å². The van der Waals surface area contributed by atoms with Crippen LogP contribution in [0.15, 0.2) is 18.2 Å². The zero-order valence-electron chi connectivity index (χ0n) is 19.9. The minimum atomic E-state index is -1.49. The van der Waals surface area contributed by atoms with Crippen LogP contribution in [0.1, 0.15) is 38.8 Å². The molecule has 1 aliphatic heterocycles. The molecule has 11 heteroatoms. The number of ether oxygens (including phenoxy) is 5. The molecule has 0 saturated carbocycles. The number of esters is 4. The van der Waals surface area contributed by atoms with Gasteiger partial charge in [0.15, 0.2) is 24.4 Å². The van der Waals surface area contributed by atoms with E-state index >= 15 is 0 Å². The van der Waals surface area contributed by atoms with Gasteiger partial charge in [0.05, 0.1) is 0 Å². The molecular weight excluding hydrogens is 450 g/mol. The van der Waals surface area contributed by atoms with Crippen LogP contribution in [0, 0.1) is 13.8 Å². The van der Waals surface area contributed by atoms with E-state index in [-0.39, 0.29) is 0 Å². The summed E-state index contributed by atoms with van der Waals surface area (Å²) >= 11 is 0. The van der Waals surface area contributed by atoms with Gasteiger partial charge >= 0.3 is 23.9 Å². The highest BCUT2D eigenvalue weighted by molar-refractivity contribution is 5.96. The predicted molar refractivity (Wildman–Crippen MR) is 117 cm³/mol. The van der Waals surface area contributed by atoms with E-state index < -0.39 is 66.9 Å². The number of benzene rings is 1. The van der Waals surface area contributed by atoms with Crippen LogP contribution < -0.4 is 5.32 Å². The van der Waals surface area contributed by atoms with Crippen molar-refractivity contribution in [3.8, 4) is 0 Å². The molecule has 0 radical (unpaired) electrons. The lowest BCUT2D eigenvalue weighted by molar-refractivity contribution is -0.248. The lowest BCUT2D eigenvalue weighted by Gasteiger charge is -2.43. The Morgan fingerprint density at radius 1 is 0.794 bits per heavy atom. The van der Waals surface area contributed by atoms with Gasteiger partial charge in [-0.1, -0.05) is 18.2 Å².